The summed E-state index contributed by atoms with van der Waals surface area (Å²) in [6.45, 7) is 3.89. The second kappa shape index (κ2) is 9.55. The highest BCUT2D eigenvalue weighted by Gasteiger charge is 2.28. The van der Waals surface area contributed by atoms with Crippen molar-refractivity contribution in [1.29, 1.82) is 0 Å². The van der Waals surface area contributed by atoms with Crippen LogP contribution >= 0.6 is 11.6 Å². The van der Waals surface area contributed by atoms with Crippen LogP contribution in [-0.2, 0) is 24.2 Å². The molecule has 0 aromatic heterocycles. The maximum atomic E-state index is 12.2. The highest BCUT2D eigenvalue weighted by molar-refractivity contribution is 7.91. The SMILES string of the molecule is C[C@@H]1[C@@H](C)CCC[C@H]1NC(=O)COC(=O)CCS(=O)(=O)c1ccc(Cl)cc1. The first-order valence-electron chi connectivity index (χ1n) is 9.12. The highest BCUT2D eigenvalue weighted by Crippen LogP contribution is 2.29. The van der Waals surface area contributed by atoms with Gasteiger partial charge in [-0.25, -0.2) is 8.42 Å². The van der Waals surface area contributed by atoms with Crippen molar-refractivity contribution in [3.05, 3.63) is 29.3 Å². The zero-order valence-electron chi connectivity index (χ0n) is 15.6. The molecule has 1 aromatic rings. The average Bonchev–Trinajstić information content (AvgIpc) is 2.62. The molecule has 1 aliphatic rings. The molecule has 1 fully saturated rings. The molecule has 3 atom stereocenters. The number of halogens is 1. The number of amides is 1. The van der Waals surface area contributed by atoms with Gasteiger partial charge >= 0.3 is 5.97 Å². The van der Waals surface area contributed by atoms with Gasteiger partial charge in [0, 0.05) is 11.1 Å². The smallest absolute Gasteiger partial charge is 0.307 e. The first-order chi connectivity index (χ1) is 12.7. The van der Waals surface area contributed by atoms with E-state index >= 15 is 0 Å². The van der Waals surface area contributed by atoms with E-state index in [1.807, 2.05) is 0 Å². The second-order valence-corrected chi connectivity index (χ2v) is 9.67. The standard InChI is InChI=1S/C19H26ClNO5S/c1-13-4-3-5-17(14(13)2)21-18(22)12-26-19(23)10-11-27(24,25)16-8-6-15(20)7-9-16/h6-9,13-14,17H,3-5,10-12H2,1-2H3,(H,21,22)/t13-,14+,17+/m0/s1. The van der Waals surface area contributed by atoms with Crippen LogP contribution in [0.4, 0.5) is 0 Å². The summed E-state index contributed by atoms with van der Waals surface area (Å²) in [5.41, 5.74) is 0. The van der Waals surface area contributed by atoms with Crippen molar-refractivity contribution in [2.45, 2.75) is 50.5 Å². The Balaban J connectivity index is 1.75. The van der Waals surface area contributed by atoms with E-state index in [9.17, 15) is 18.0 Å². The number of carbonyl (C=O) groups is 2. The topological polar surface area (TPSA) is 89.5 Å². The first-order valence-corrected chi connectivity index (χ1v) is 11.2. The normalized spacial score (nSPS) is 22.9. The molecule has 0 heterocycles. The van der Waals surface area contributed by atoms with E-state index in [0.29, 0.717) is 16.9 Å². The third kappa shape index (κ3) is 6.50. The van der Waals surface area contributed by atoms with Gasteiger partial charge in [-0.2, -0.15) is 0 Å². The fourth-order valence-corrected chi connectivity index (χ4v) is 4.58. The van der Waals surface area contributed by atoms with Crippen LogP contribution in [0.2, 0.25) is 5.02 Å². The van der Waals surface area contributed by atoms with Gasteiger partial charge < -0.3 is 10.1 Å². The Hall–Kier alpha value is -1.60. The Morgan fingerprint density at radius 1 is 1.19 bits per heavy atom. The number of esters is 1. The third-order valence-corrected chi connectivity index (χ3v) is 7.15. The molecule has 27 heavy (non-hydrogen) atoms. The van der Waals surface area contributed by atoms with Crippen LogP contribution < -0.4 is 5.32 Å². The zero-order chi connectivity index (χ0) is 20.0. The summed E-state index contributed by atoms with van der Waals surface area (Å²) in [5.74, 6) is -0.526. The maximum absolute atomic E-state index is 12.2. The Morgan fingerprint density at radius 3 is 2.52 bits per heavy atom. The van der Waals surface area contributed by atoms with Gasteiger partial charge in [-0.1, -0.05) is 38.3 Å². The number of hydrogen-bond acceptors (Lipinski definition) is 5. The van der Waals surface area contributed by atoms with Crippen LogP contribution in [0.5, 0.6) is 0 Å². The summed E-state index contributed by atoms with van der Waals surface area (Å²) in [4.78, 5) is 23.9. The lowest BCUT2D eigenvalue weighted by Gasteiger charge is -2.34. The molecule has 1 aromatic carbocycles. The molecule has 2 rings (SSSR count). The lowest BCUT2D eigenvalue weighted by Crippen LogP contribution is -2.45. The minimum atomic E-state index is -3.61. The molecule has 1 amide bonds. The molecule has 0 spiro atoms. The average molecular weight is 416 g/mol. The van der Waals surface area contributed by atoms with E-state index in [4.69, 9.17) is 16.3 Å². The molecule has 1 N–H and O–H groups in total. The van der Waals surface area contributed by atoms with Gasteiger partial charge in [0.25, 0.3) is 5.91 Å². The molecule has 150 valence electrons. The summed E-state index contributed by atoms with van der Waals surface area (Å²) >= 11 is 5.74. The van der Waals surface area contributed by atoms with E-state index in [1.54, 1.807) is 0 Å². The van der Waals surface area contributed by atoms with E-state index in [-0.39, 0.29) is 29.0 Å². The molecule has 0 bridgehead atoms. The maximum Gasteiger partial charge on any atom is 0.307 e. The summed E-state index contributed by atoms with van der Waals surface area (Å²) in [5, 5.41) is 3.34. The van der Waals surface area contributed by atoms with Crippen molar-refractivity contribution in [3.8, 4) is 0 Å². The Morgan fingerprint density at radius 2 is 1.85 bits per heavy atom. The zero-order valence-corrected chi connectivity index (χ0v) is 17.2. The van der Waals surface area contributed by atoms with Crippen LogP contribution in [0.1, 0.15) is 39.5 Å². The lowest BCUT2D eigenvalue weighted by molar-refractivity contribution is -0.148. The fraction of sp³-hybridized carbons (Fsp3) is 0.579. The minimum absolute atomic E-state index is 0.0882. The van der Waals surface area contributed by atoms with Gasteiger partial charge in [0.15, 0.2) is 16.4 Å². The highest BCUT2D eigenvalue weighted by atomic mass is 35.5. The predicted octanol–water partition coefficient (Wildman–Crippen LogP) is 2.99. The molecular formula is C19H26ClNO5S. The van der Waals surface area contributed by atoms with Crippen molar-refractivity contribution in [3.63, 3.8) is 0 Å². The van der Waals surface area contributed by atoms with Gasteiger partial charge in [-0.3, -0.25) is 9.59 Å². The van der Waals surface area contributed by atoms with Crippen LogP contribution in [0.15, 0.2) is 29.2 Å². The summed E-state index contributed by atoms with van der Waals surface area (Å²) in [7, 11) is -3.61. The van der Waals surface area contributed by atoms with Crippen molar-refractivity contribution < 1.29 is 22.7 Å². The molecule has 8 heteroatoms. The molecule has 1 aliphatic carbocycles. The number of nitrogens with one attached hydrogen (secondary N) is 1. The summed E-state index contributed by atoms with van der Waals surface area (Å²) in [6.07, 6.45) is 2.84. The molecule has 1 saturated carbocycles. The second-order valence-electron chi connectivity index (χ2n) is 7.12. The van der Waals surface area contributed by atoms with Gasteiger partial charge in [0.05, 0.1) is 17.1 Å². The van der Waals surface area contributed by atoms with Crippen LogP contribution in [0, 0.1) is 11.8 Å². The van der Waals surface area contributed by atoms with E-state index in [0.717, 1.165) is 19.3 Å². The van der Waals surface area contributed by atoms with E-state index < -0.39 is 22.4 Å². The summed E-state index contributed by atoms with van der Waals surface area (Å²) < 4.78 is 29.3. The quantitative estimate of drug-likeness (QED) is 0.691. The van der Waals surface area contributed by atoms with E-state index in [2.05, 4.69) is 19.2 Å². The first kappa shape index (κ1) is 21.7. The van der Waals surface area contributed by atoms with Gasteiger partial charge in [-0.15, -0.1) is 0 Å². The van der Waals surface area contributed by atoms with Crippen molar-refractivity contribution in [2.75, 3.05) is 12.4 Å². The molecule has 0 aliphatic heterocycles. The predicted molar refractivity (Wildman–Crippen MR) is 103 cm³/mol. The monoisotopic (exact) mass is 415 g/mol. The van der Waals surface area contributed by atoms with Crippen molar-refractivity contribution >= 4 is 33.3 Å². The largest absolute Gasteiger partial charge is 0.456 e. The van der Waals surface area contributed by atoms with Gasteiger partial charge in [0.2, 0.25) is 0 Å². The van der Waals surface area contributed by atoms with Crippen LogP contribution in [-0.4, -0.2) is 38.7 Å². The molecule has 0 radical (unpaired) electrons. The number of benzene rings is 1. The minimum Gasteiger partial charge on any atom is -0.456 e. The van der Waals surface area contributed by atoms with Crippen molar-refractivity contribution in [2.24, 2.45) is 11.8 Å². The number of carbonyl (C=O) groups excluding carboxylic acids is 2. The Bertz CT molecular complexity index is 763. The summed E-state index contributed by atoms with van der Waals surface area (Å²) in [6, 6.07) is 5.82. The van der Waals surface area contributed by atoms with Crippen molar-refractivity contribution in [1.82, 2.24) is 5.32 Å². The Kier molecular flexibility index (Phi) is 7.68. The molecule has 6 nitrogen and oxygen atoms in total. The van der Waals surface area contributed by atoms with E-state index in [1.165, 1.54) is 24.3 Å². The van der Waals surface area contributed by atoms with Gasteiger partial charge in [-0.05, 0) is 42.5 Å². The number of rotatable bonds is 7. The molecular weight excluding hydrogens is 390 g/mol. The van der Waals surface area contributed by atoms with Crippen LogP contribution in [0.25, 0.3) is 0 Å². The number of ether oxygens (including phenoxy) is 1. The fourth-order valence-electron chi connectivity index (χ4n) is 3.23. The van der Waals surface area contributed by atoms with Crippen LogP contribution in [0.3, 0.4) is 0 Å². The number of hydrogen-bond donors (Lipinski definition) is 1. The molecule has 0 unspecified atom stereocenters. The lowest BCUT2D eigenvalue weighted by atomic mass is 9.78. The Labute approximate surface area is 165 Å². The van der Waals surface area contributed by atoms with Gasteiger partial charge in [0.1, 0.15) is 0 Å². The number of sulfone groups is 1. The molecule has 0 saturated heterocycles. The third-order valence-electron chi connectivity index (χ3n) is 5.17.